The first-order chi connectivity index (χ1) is 16.0. The minimum Gasteiger partial charge on any atom is -0.390 e. The van der Waals surface area contributed by atoms with E-state index in [1.807, 2.05) is 12.1 Å². The number of carbonyl (C=O) groups is 1. The Hall–Kier alpha value is -2.92. The molecule has 2 heterocycles. The second-order valence-corrected chi connectivity index (χ2v) is 9.04. The molecule has 1 amide bonds. The molecule has 1 aliphatic rings. The van der Waals surface area contributed by atoms with Crippen LogP contribution in [0.15, 0.2) is 24.4 Å². The van der Waals surface area contributed by atoms with Gasteiger partial charge in [-0.3, -0.25) is 4.79 Å². The van der Waals surface area contributed by atoms with Crippen LogP contribution in [0.3, 0.4) is 0 Å². The second-order valence-electron chi connectivity index (χ2n) is 9.04. The maximum Gasteiger partial charge on any atom is 0.421 e. The van der Waals surface area contributed by atoms with Crippen molar-refractivity contribution in [3.8, 4) is 0 Å². The molecule has 1 aromatic carbocycles. The SMILES string of the molecule is CC(C)(O)CC(=O)N1CCc2cc(Nc3ncc(C(F)(F)F)c(NCCCCN)n3)ccc2C1. The van der Waals surface area contributed by atoms with Crippen molar-refractivity contribution < 1.29 is 23.1 Å². The van der Waals surface area contributed by atoms with Gasteiger partial charge in [-0.05, 0) is 62.9 Å². The van der Waals surface area contributed by atoms with Gasteiger partial charge in [0.25, 0.3) is 0 Å². The highest BCUT2D eigenvalue weighted by Gasteiger charge is 2.35. The number of aromatic nitrogens is 2. The molecule has 0 radical (unpaired) electrons. The predicted molar refractivity (Wildman–Crippen MR) is 124 cm³/mol. The van der Waals surface area contributed by atoms with Crippen molar-refractivity contribution in [3.05, 3.63) is 41.1 Å². The summed E-state index contributed by atoms with van der Waals surface area (Å²) in [5.41, 5.74) is 6.11. The molecule has 186 valence electrons. The average Bonchev–Trinajstić information content (AvgIpc) is 2.74. The number of hydrogen-bond donors (Lipinski definition) is 4. The first-order valence-corrected chi connectivity index (χ1v) is 11.2. The molecule has 5 N–H and O–H groups in total. The molecular weight excluding hydrogens is 449 g/mol. The van der Waals surface area contributed by atoms with Gasteiger partial charge in [0, 0.05) is 31.5 Å². The first kappa shape index (κ1) is 25.7. The molecule has 34 heavy (non-hydrogen) atoms. The number of nitrogens with one attached hydrogen (secondary N) is 2. The monoisotopic (exact) mass is 480 g/mol. The van der Waals surface area contributed by atoms with Crippen molar-refractivity contribution in [2.24, 2.45) is 5.73 Å². The van der Waals surface area contributed by atoms with Crippen LogP contribution in [0.2, 0.25) is 0 Å². The van der Waals surface area contributed by atoms with Gasteiger partial charge in [0.05, 0.1) is 12.0 Å². The molecule has 0 saturated heterocycles. The molecule has 11 heteroatoms. The van der Waals surface area contributed by atoms with Crippen molar-refractivity contribution in [1.82, 2.24) is 14.9 Å². The van der Waals surface area contributed by atoms with E-state index in [1.165, 1.54) is 0 Å². The van der Waals surface area contributed by atoms with Gasteiger partial charge in [0.1, 0.15) is 11.4 Å². The summed E-state index contributed by atoms with van der Waals surface area (Å²) in [7, 11) is 0. The largest absolute Gasteiger partial charge is 0.421 e. The van der Waals surface area contributed by atoms with Crippen molar-refractivity contribution in [3.63, 3.8) is 0 Å². The predicted octanol–water partition coefficient (Wildman–Crippen LogP) is 3.44. The van der Waals surface area contributed by atoms with Crippen LogP contribution in [-0.4, -0.2) is 51.1 Å². The van der Waals surface area contributed by atoms with Crippen molar-refractivity contribution in [2.45, 2.75) is 57.9 Å². The van der Waals surface area contributed by atoms with Gasteiger partial charge in [-0.2, -0.15) is 18.2 Å². The molecule has 0 fully saturated rings. The number of nitrogens with two attached hydrogens (primary N) is 1. The summed E-state index contributed by atoms with van der Waals surface area (Å²) >= 11 is 0. The summed E-state index contributed by atoms with van der Waals surface area (Å²) in [5.74, 6) is -0.335. The summed E-state index contributed by atoms with van der Waals surface area (Å²) < 4.78 is 40.0. The number of hydrogen-bond acceptors (Lipinski definition) is 7. The van der Waals surface area contributed by atoms with Crippen LogP contribution in [0.5, 0.6) is 0 Å². The van der Waals surface area contributed by atoms with Gasteiger partial charge in [0.2, 0.25) is 11.9 Å². The fourth-order valence-electron chi connectivity index (χ4n) is 3.71. The van der Waals surface area contributed by atoms with Crippen molar-refractivity contribution in [1.29, 1.82) is 0 Å². The Labute approximate surface area is 196 Å². The summed E-state index contributed by atoms with van der Waals surface area (Å²) in [6.07, 6.45) is -1.80. The van der Waals surface area contributed by atoms with Gasteiger partial charge in [0.15, 0.2) is 0 Å². The topological polar surface area (TPSA) is 116 Å². The van der Waals surface area contributed by atoms with E-state index in [4.69, 9.17) is 5.73 Å². The van der Waals surface area contributed by atoms with Crippen LogP contribution in [0.1, 0.15) is 49.8 Å². The molecule has 0 spiro atoms. The van der Waals surface area contributed by atoms with Crippen LogP contribution < -0.4 is 16.4 Å². The van der Waals surface area contributed by atoms with Gasteiger partial charge >= 0.3 is 6.18 Å². The lowest BCUT2D eigenvalue weighted by molar-refractivity contribution is -0.137. The number of benzene rings is 1. The molecule has 0 bridgehead atoms. The molecule has 1 aromatic heterocycles. The lowest BCUT2D eigenvalue weighted by Gasteiger charge is -2.31. The van der Waals surface area contributed by atoms with Crippen LogP contribution in [0.4, 0.5) is 30.6 Å². The second kappa shape index (κ2) is 10.6. The number of amides is 1. The third kappa shape index (κ3) is 7.04. The maximum absolute atomic E-state index is 13.3. The Balaban J connectivity index is 1.72. The van der Waals surface area contributed by atoms with E-state index in [-0.39, 0.29) is 24.1 Å². The maximum atomic E-state index is 13.3. The molecule has 0 atom stereocenters. The Kier molecular flexibility index (Phi) is 7.98. The Morgan fingerprint density at radius 2 is 2.00 bits per heavy atom. The number of aliphatic hydroxyl groups is 1. The van der Waals surface area contributed by atoms with Crippen molar-refractivity contribution >= 4 is 23.4 Å². The standard InChI is InChI=1S/C23H31F3N6O2/c1-22(2,34)12-19(33)32-10-7-15-11-17(6-5-16(15)14-32)30-21-29-13-18(23(24,25)26)20(31-21)28-9-4-3-8-27/h5-6,11,13,34H,3-4,7-10,12,14,27H2,1-2H3,(H2,28,29,30,31). The molecule has 0 aliphatic carbocycles. The fourth-order valence-corrected chi connectivity index (χ4v) is 3.71. The Morgan fingerprint density at radius 1 is 1.24 bits per heavy atom. The minimum atomic E-state index is -4.57. The molecular formula is C23H31F3N6O2. The summed E-state index contributed by atoms with van der Waals surface area (Å²) in [5, 5.41) is 15.6. The molecule has 0 saturated carbocycles. The van der Waals surface area contributed by atoms with E-state index < -0.39 is 17.3 Å². The highest BCUT2D eigenvalue weighted by Crippen LogP contribution is 2.34. The van der Waals surface area contributed by atoms with Gasteiger partial charge in [-0.1, -0.05) is 6.07 Å². The number of alkyl halides is 3. The first-order valence-electron chi connectivity index (χ1n) is 11.2. The van der Waals surface area contributed by atoms with Gasteiger partial charge in [-0.15, -0.1) is 0 Å². The zero-order valence-electron chi connectivity index (χ0n) is 19.4. The van der Waals surface area contributed by atoms with E-state index in [1.54, 1.807) is 24.8 Å². The zero-order chi connectivity index (χ0) is 24.9. The Bertz CT molecular complexity index is 1010. The van der Waals surface area contributed by atoms with Crippen LogP contribution in [0, 0.1) is 0 Å². The van der Waals surface area contributed by atoms with E-state index in [9.17, 15) is 23.1 Å². The van der Waals surface area contributed by atoms with E-state index in [0.29, 0.717) is 51.1 Å². The molecule has 8 nitrogen and oxygen atoms in total. The normalized spacial score (nSPS) is 14.0. The fraction of sp³-hybridized carbons (Fsp3) is 0.522. The number of rotatable bonds is 9. The quantitative estimate of drug-likeness (QED) is 0.406. The average molecular weight is 481 g/mol. The number of unbranched alkanes of at least 4 members (excludes halogenated alkanes) is 1. The van der Waals surface area contributed by atoms with Crippen LogP contribution in [0.25, 0.3) is 0 Å². The molecule has 1 aliphatic heterocycles. The van der Waals surface area contributed by atoms with Gasteiger partial charge < -0.3 is 26.4 Å². The van der Waals surface area contributed by atoms with Crippen molar-refractivity contribution in [2.75, 3.05) is 30.3 Å². The summed E-state index contributed by atoms with van der Waals surface area (Å²) in [6, 6.07) is 5.54. The highest BCUT2D eigenvalue weighted by atomic mass is 19.4. The number of nitrogens with zero attached hydrogens (tertiary/aromatic N) is 3. The number of halogens is 3. The van der Waals surface area contributed by atoms with Crippen LogP contribution >= 0.6 is 0 Å². The van der Waals surface area contributed by atoms with E-state index in [2.05, 4.69) is 20.6 Å². The number of anilines is 3. The highest BCUT2D eigenvalue weighted by molar-refractivity contribution is 5.77. The Morgan fingerprint density at radius 3 is 2.68 bits per heavy atom. The lowest BCUT2D eigenvalue weighted by atomic mass is 9.97. The van der Waals surface area contributed by atoms with E-state index >= 15 is 0 Å². The van der Waals surface area contributed by atoms with Crippen LogP contribution in [-0.2, 0) is 23.9 Å². The molecule has 0 unspecified atom stereocenters. The number of fused-ring (bicyclic) bond motifs is 1. The van der Waals surface area contributed by atoms with Gasteiger partial charge in [-0.25, -0.2) is 4.98 Å². The third-order valence-electron chi connectivity index (χ3n) is 5.43. The zero-order valence-corrected chi connectivity index (χ0v) is 19.4. The summed E-state index contributed by atoms with van der Waals surface area (Å²) in [4.78, 5) is 22.0. The summed E-state index contributed by atoms with van der Waals surface area (Å²) in [6.45, 7) is 4.96. The molecule has 3 rings (SSSR count). The molecule has 2 aromatic rings. The minimum absolute atomic E-state index is 0.0482. The third-order valence-corrected chi connectivity index (χ3v) is 5.43. The number of carbonyl (C=O) groups excluding carboxylic acids is 1. The lowest BCUT2D eigenvalue weighted by Crippen LogP contribution is -2.39. The van der Waals surface area contributed by atoms with E-state index in [0.717, 1.165) is 17.3 Å². The smallest absolute Gasteiger partial charge is 0.390 e.